The molecule has 0 aromatic heterocycles. The molecular weight excluding hydrogens is 642 g/mol. The standard InChI is InChI=1S/C42H53N3O6/c1-27(2)30-19-21-33(22-20-30)40(7,8)43-37(46)49-25-36(51-39(48)45-42(11,12)35-18-14-16-32(24-35)29(5)6)26-50-38(47)44-41(9,10)34-17-13-15-31(23-34)28(3)4/h13-24,36H,1,3,5,25-26H2,2,4,6-12H3,(H,43,46)(H,44,47)(H,45,48). The first-order valence-electron chi connectivity index (χ1n) is 16.9. The van der Waals surface area contributed by atoms with Crippen molar-refractivity contribution in [2.75, 3.05) is 13.2 Å². The van der Waals surface area contributed by atoms with Crippen LogP contribution in [0.15, 0.2) is 92.5 Å². The van der Waals surface area contributed by atoms with Gasteiger partial charge in [0, 0.05) is 0 Å². The van der Waals surface area contributed by atoms with Crippen LogP contribution in [0, 0.1) is 0 Å². The molecule has 0 fully saturated rings. The zero-order valence-corrected chi connectivity index (χ0v) is 31.5. The van der Waals surface area contributed by atoms with Gasteiger partial charge in [0.05, 0.1) is 16.6 Å². The number of carbonyl (C=O) groups excluding carboxylic acids is 3. The maximum Gasteiger partial charge on any atom is 0.408 e. The van der Waals surface area contributed by atoms with Gasteiger partial charge in [-0.15, -0.1) is 0 Å². The summed E-state index contributed by atoms with van der Waals surface area (Å²) in [6, 6.07) is 23.1. The van der Waals surface area contributed by atoms with E-state index in [1.165, 1.54) is 0 Å². The Morgan fingerprint density at radius 3 is 1.31 bits per heavy atom. The molecule has 0 saturated carbocycles. The van der Waals surface area contributed by atoms with E-state index in [-0.39, 0.29) is 13.2 Å². The first-order chi connectivity index (χ1) is 23.7. The van der Waals surface area contributed by atoms with Gasteiger partial charge in [-0.1, -0.05) is 97.1 Å². The smallest absolute Gasteiger partial charge is 0.408 e. The van der Waals surface area contributed by atoms with Crippen LogP contribution >= 0.6 is 0 Å². The van der Waals surface area contributed by atoms with Crippen molar-refractivity contribution in [1.82, 2.24) is 16.0 Å². The number of carbonyl (C=O) groups is 3. The van der Waals surface area contributed by atoms with E-state index in [0.717, 1.165) is 50.1 Å². The van der Waals surface area contributed by atoms with Crippen LogP contribution in [-0.2, 0) is 30.8 Å². The minimum absolute atomic E-state index is 0.382. The average molecular weight is 696 g/mol. The fourth-order valence-electron chi connectivity index (χ4n) is 5.21. The van der Waals surface area contributed by atoms with Gasteiger partial charge in [0.1, 0.15) is 13.2 Å². The second-order valence-electron chi connectivity index (χ2n) is 14.6. The van der Waals surface area contributed by atoms with Crippen LogP contribution in [0.2, 0.25) is 0 Å². The molecule has 0 spiro atoms. The molecule has 0 aliphatic carbocycles. The lowest BCUT2D eigenvalue weighted by Crippen LogP contribution is -2.46. The van der Waals surface area contributed by atoms with Crippen LogP contribution in [0.5, 0.6) is 0 Å². The number of allylic oxidation sites excluding steroid dienone is 3. The van der Waals surface area contributed by atoms with E-state index in [2.05, 4.69) is 35.7 Å². The summed E-state index contributed by atoms with van der Waals surface area (Å²) in [6.45, 7) is 28.0. The largest absolute Gasteiger partial charge is 0.445 e. The van der Waals surface area contributed by atoms with Gasteiger partial charge in [-0.25, -0.2) is 14.4 Å². The van der Waals surface area contributed by atoms with Gasteiger partial charge >= 0.3 is 18.3 Å². The highest BCUT2D eigenvalue weighted by Crippen LogP contribution is 2.26. The minimum Gasteiger partial charge on any atom is -0.445 e. The number of hydrogen-bond acceptors (Lipinski definition) is 6. The van der Waals surface area contributed by atoms with Crippen molar-refractivity contribution in [2.45, 2.75) is 85.0 Å². The van der Waals surface area contributed by atoms with Crippen molar-refractivity contribution in [3.8, 4) is 0 Å². The Bertz CT molecular complexity index is 1770. The molecule has 3 N–H and O–H groups in total. The third kappa shape index (κ3) is 11.6. The molecule has 0 bridgehead atoms. The molecule has 3 aromatic rings. The monoisotopic (exact) mass is 695 g/mol. The predicted molar refractivity (Wildman–Crippen MR) is 205 cm³/mol. The summed E-state index contributed by atoms with van der Waals surface area (Å²) in [4.78, 5) is 39.3. The fraction of sp³-hybridized carbons (Fsp3) is 0.357. The molecule has 3 amide bonds. The molecule has 9 heteroatoms. The van der Waals surface area contributed by atoms with E-state index in [1.807, 2.05) is 135 Å². The van der Waals surface area contributed by atoms with Crippen LogP contribution in [0.1, 0.15) is 95.7 Å². The first-order valence-corrected chi connectivity index (χ1v) is 16.9. The highest BCUT2D eigenvalue weighted by atomic mass is 16.6. The van der Waals surface area contributed by atoms with Gasteiger partial charge in [0.15, 0.2) is 6.10 Å². The third-order valence-corrected chi connectivity index (χ3v) is 8.57. The first kappa shape index (κ1) is 40.1. The summed E-state index contributed by atoms with van der Waals surface area (Å²) in [6.07, 6.45) is -3.39. The quantitative estimate of drug-likeness (QED) is 0.145. The molecule has 9 nitrogen and oxygen atoms in total. The predicted octanol–water partition coefficient (Wildman–Crippen LogP) is 9.44. The van der Waals surface area contributed by atoms with Gasteiger partial charge < -0.3 is 30.2 Å². The molecule has 1 unspecified atom stereocenters. The maximum absolute atomic E-state index is 13.3. The van der Waals surface area contributed by atoms with Crippen LogP contribution in [0.3, 0.4) is 0 Å². The molecule has 3 aromatic carbocycles. The Labute approximate surface area is 303 Å². The lowest BCUT2D eigenvalue weighted by atomic mass is 9.92. The number of ether oxygens (including phenoxy) is 3. The molecule has 1 atom stereocenters. The normalized spacial score (nSPS) is 12.2. The Morgan fingerprint density at radius 1 is 0.549 bits per heavy atom. The molecule has 0 radical (unpaired) electrons. The number of rotatable bonds is 14. The zero-order chi connectivity index (χ0) is 38.1. The second-order valence-corrected chi connectivity index (χ2v) is 14.6. The summed E-state index contributed by atoms with van der Waals surface area (Å²) in [5, 5.41) is 8.60. The van der Waals surface area contributed by atoms with Crippen LogP contribution in [0.25, 0.3) is 16.7 Å². The van der Waals surface area contributed by atoms with E-state index in [9.17, 15) is 14.4 Å². The summed E-state index contributed by atoms with van der Waals surface area (Å²) >= 11 is 0. The third-order valence-electron chi connectivity index (χ3n) is 8.57. The summed E-state index contributed by atoms with van der Waals surface area (Å²) in [5.74, 6) is 0. The summed E-state index contributed by atoms with van der Waals surface area (Å²) in [5.41, 5.74) is 5.71. The lowest BCUT2D eigenvalue weighted by Gasteiger charge is -2.29. The second kappa shape index (κ2) is 16.6. The average Bonchev–Trinajstić information content (AvgIpc) is 3.05. The molecule has 272 valence electrons. The SMILES string of the molecule is C=C(C)c1ccc(C(C)(C)NC(=O)OCC(COC(=O)NC(C)(C)c2cccc(C(=C)C)c2)OC(=O)NC(C)(C)c2cccc(C(=C)C)c2)cc1. The van der Waals surface area contributed by atoms with Crippen LogP contribution in [-0.4, -0.2) is 37.6 Å². The van der Waals surface area contributed by atoms with Crippen molar-refractivity contribution >= 4 is 35.0 Å². The molecule has 0 aliphatic heterocycles. The molecule has 0 aliphatic rings. The van der Waals surface area contributed by atoms with Gasteiger partial charge in [-0.2, -0.15) is 0 Å². The highest BCUT2D eigenvalue weighted by molar-refractivity contribution is 5.71. The van der Waals surface area contributed by atoms with Gasteiger partial charge in [-0.05, 0) is 108 Å². The van der Waals surface area contributed by atoms with E-state index < -0.39 is 41.0 Å². The fourth-order valence-corrected chi connectivity index (χ4v) is 5.21. The molecular formula is C42H53N3O6. The number of amides is 3. The Balaban J connectivity index is 1.72. The Hall–Kier alpha value is -5.31. The van der Waals surface area contributed by atoms with Crippen molar-refractivity contribution in [3.63, 3.8) is 0 Å². The topological polar surface area (TPSA) is 115 Å². The van der Waals surface area contributed by atoms with E-state index in [0.29, 0.717) is 0 Å². The summed E-state index contributed by atoms with van der Waals surface area (Å²) < 4.78 is 16.7. The van der Waals surface area contributed by atoms with Gasteiger partial charge in [0.25, 0.3) is 0 Å². The number of alkyl carbamates (subject to hydrolysis) is 3. The van der Waals surface area contributed by atoms with E-state index in [1.54, 1.807) is 0 Å². The molecule has 0 saturated heterocycles. The lowest BCUT2D eigenvalue weighted by molar-refractivity contribution is 0.00251. The van der Waals surface area contributed by atoms with Crippen LogP contribution < -0.4 is 16.0 Å². The van der Waals surface area contributed by atoms with Crippen molar-refractivity contribution < 1.29 is 28.6 Å². The van der Waals surface area contributed by atoms with Crippen LogP contribution in [0.4, 0.5) is 14.4 Å². The zero-order valence-electron chi connectivity index (χ0n) is 31.5. The highest BCUT2D eigenvalue weighted by Gasteiger charge is 2.30. The number of hydrogen-bond donors (Lipinski definition) is 3. The molecule has 0 heterocycles. The van der Waals surface area contributed by atoms with E-state index >= 15 is 0 Å². The molecule has 3 rings (SSSR count). The van der Waals surface area contributed by atoms with Crippen molar-refractivity contribution in [2.24, 2.45) is 0 Å². The van der Waals surface area contributed by atoms with Crippen molar-refractivity contribution in [1.29, 1.82) is 0 Å². The molecule has 51 heavy (non-hydrogen) atoms. The van der Waals surface area contributed by atoms with Gasteiger partial charge in [0.2, 0.25) is 0 Å². The minimum atomic E-state index is -1.13. The Kier molecular flexibility index (Phi) is 13.1. The number of benzene rings is 3. The van der Waals surface area contributed by atoms with Gasteiger partial charge in [-0.3, -0.25) is 0 Å². The van der Waals surface area contributed by atoms with Crippen molar-refractivity contribution in [3.05, 3.63) is 126 Å². The van der Waals surface area contributed by atoms with E-state index in [4.69, 9.17) is 14.2 Å². The number of nitrogens with one attached hydrogen (secondary N) is 3. The Morgan fingerprint density at radius 2 is 0.922 bits per heavy atom. The summed E-state index contributed by atoms with van der Waals surface area (Å²) in [7, 11) is 0. The maximum atomic E-state index is 13.3.